The van der Waals surface area contributed by atoms with Crippen molar-refractivity contribution in [1.82, 2.24) is 19.9 Å². The second-order valence-corrected chi connectivity index (χ2v) is 7.31. The van der Waals surface area contributed by atoms with Gasteiger partial charge in [0.15, 0.2) is 0 Å². The number of benzene rings is 1. The van der Waals surface area contributed by atoms with Crippen LogP contribution in [0.25, 0.3) is 11.4 Å². The highest BCUT2D eigenvalue weighted by atomic mass is 79.9. The van der Waals surface area contributed by atoms with E-state index in [-0.39, 0.29) is 0 Å². The molecule has 0 radical (unpaired) electrons. The average Bonchev–Trinajstić information content (AvgIpc) is 2.67. The molecule has 140 valence electrons. The Morgan fingerprint density at radius 1 is 0.963 bits per heavy atom. The Labute approximate surface area is 168 Å². The Hall–Kier alpha value is -2.51. The van der Waals surface area contributed by atoms with Gasteiger partial charge < -0.3 is 15.5 Å². The molecule has 6 nitrogen and oxygen atoms in total. The number of halogens is 1. The summed E-state index contributed by atoms with van der Waals surface area (Å²) >= 11 is 3.51. The molecule has 0 aliphatic rings. The smallest absolute Gasteiger partial charge is 0.225 e. The summed E-state index contributed by atoms with van der Waals surface area (Å²) < 4.78 is 1.06. The second kappa shape index (κ2) is 9.43. The van der Waals surface area contributed by atoms with E-state index in [1.807, 2.05) is 50.5 Å². The normalized spacial score (nSPS) is 10.8. The number of hydrogen-bond acceptors (Lipinski definition) is 6. The molecule has 2 heterocycles. The van der Waals surface area contributed by atoms with E-state index >= 15 is 0 Å². The quantitative estimate of drug-likeness (QED) is 0.569. The predicted octanol–water partition coefficient (Wildman–Crippen LogP) is 3.89. The number of anilines is 2. The summed E-state index contributed by atoms with van der Waals surface area (Å²) in [5, 5.41) is 6.68. The highest BCUT2D eigenvalue weighted by Gasteiger charge is 2.08. The molecule has 2 N–H and O–H groups in total. The molecule has 0 spiro atoms. The summed E-state index contributed by atoms with van der Waals surface area (Å²) in [4.78, 5) is 15.7. The van der Waals surface area contributed by atoms with Gasteiger partial charge in [0.2, 0.25) is 5.95 Å². The first-order valence-corrected chi connectivity index (χ1v) is 9.57. The van der Waals surface area contributed by atoms with Crippen LogP contribution in [-0.4, -0.2) is 47.0 Å². The largest absolute Gasteiger partial charge is 0.366 e. The van der Waals surface area contributed by atoms with E-state index in [0.29, 0.717) is 12.5 Å². The van der Waals surface area contributed by atoms with Crippen LogP contribution >= 0.6 is 15.9 Å². The lowest BCUT2D eigenvalue weighted by Crippen LogP contribution is -2.21. The van der Waals surface area contributed by atoms with Crippen LogP contribution in [-0.2, 0) is 6.54 Å². The molecule has 0 amide bonds. The van der Waals surface area contributed by atoms with Gasteiger partial charge in [0.05, 0.1) is 11.4 Å². The molecule has 0 bridgehead atoms. The monoisotopic (exact) mass is 426 g/mol. The molecule has 1 aromatic carbocycles. The first kappa shape index (κ1) is 19.3. The van der Waals surface area contributed by atoms with Crippen molar-refractivity contribution in [3.8, 4) is 11.4 Å². The molecule has 2 aromatic heterocycles. The molecule has 3 aromatic rings. The van der Waals surface area contributed by atoms with Crippen LogP contribution in [0.2, 0.25) is 0 Å². The summed E-state index contributed by atoms with van der Waals surface area (Å²) in [5.41, 5.74) is 2.78. The molecule has 0 saturated heterocycles. The Bertz CT molecular complexity index is 869. The first-order chi connectivity index (χ1) is 13.1. The van der Waals surface area contributed by atoms with Gasteiger partial charge in [-0.3, -0.25) is 4.98 Å². The lowest BCUT2D eigenvalue weighted by Gasteiger charge is -2.13. The van der Waals surface area contributed by atoms with E-state index in [4.69, 9.17) is 0 Å². The van der Waals surface area contributed by atoms with Crippen molar-refractivity contribution >= 4 is 27.7 Å². The van der Waals surface area contributed by atoms with E-state index in [1.165, 1.54) is 5.56 Å². The van der Waals surface area contributed by atoms with Gasteiger partial charge in [-0.25, -0.2) is 4.98 Å². The molecule has 0 saturated carbocycles. The zero-order valence-electron chi connectivity index (χ0n) is 15.5. The average molecular weight is 427 g/mol. The fraction of sp³-hybridized carbons (Fsp3) is 0.250. The van der Waals surface area contributed by atoms with E-state index in [9.17, 15) is 0 Å². The number of aromatic nitrogens is 3. The zero-order valence-corrected chi connectivity index (χ0v) is 17.1. The van der Waals surface area contributed by atoms with Gasteiger partial charge in [0.25, 0.3) is 0 Å². The van der Waals surface area contributed by atoms with Gasteiger partial charge >= 0.3 is 0 Å². The maximum absolute atomic E-state index is 4.62. The number of nitrogens with zero attached hydrogens (tertiary/aromatic N) is 4. The minimum atomic E-state index is 0.594. The second-order valence-electron chi connectivity index (χ2n) is 6.39. The molecule has 0 unspecified atom stereocenters. The molecule has 27 heavy (non-hydrogen) atoms. The molecule has 3 rings (SSSR count). The highest BCUT2D eigenvalue weighted by Crippen LogP contribution is 2.20. The SMILES string of the molecule is CN(C)CCNc1nc(NCc2cccc(Br)c2)cc(-c2ccccn2)n1. The highest BCUT2D eigenvalue weighted by molar-refractivity contribution is 9.10. The van der Waals surface area contributed by atoms with Crippen LogP contribution in [0.1, 0.15) is 5.56 Å². The van der Waals surface area contributed by atoms with E-state index in [0.717, 1.165) is 34.8 Å². The van der Waals surface area contributed by atoms with E-state index in [2.05, 4.69) is 58.5 Å². The molecule has 7 heteroatoms. The third-order valence-electron chi connectivity index (χ3n) is 3.86. The van der Waals surface area contributed by atoms with Crippen LogP contribution in [0, 0.1) is 0 Å². The zero-order chi connectivity index (χ0) is 19.1. The number of rotatable bonds is 8. The Kier molecular flexibility index (Phi) is 6.73. The van der Waals surface area contributed by atoms with Crippen LogP contribution in [0.5, 0.6) is 0 Å². The minimum absolute atomic E-state index is 0.594. The lowest BCUT2D eigenvalue weighted by atomic mass is 10.2. The van der Waals surface area contributed by atoms with Crippen LogP contribution in [0.4, 0.5) is 11.8 Å². The van der Waals surface area contributed by atoms with Crippen molar-refractivity contribution in [3.63, 3.8) is 0 Å². The van der Waals surface area contributed by atoms with Crippen molar-refractivity contribution in [2.75, 3.05) is 37.8 Å². The van der Waals surface area contributed by atoms with Crippen LogP contribution < -0.4 is 10.6 Å². The molecule has 0 fully saturated rings. The topological polar surface area (TPSA) is 66.0 Å². The van der Waals surface area contributed by atoms with E-state index in [1.54, 1.807) is 6.20 Å². The summed E-state index contributed by atoms with van der Waals surface area (Å²) in [5.74, 6) is 1.36. The van der Waals surface area contributed by atoms with Crippen molar-refractivity contribution in [3.05, 3.63) is 64.8 Å². The first-order valence-electron chi connectivity index (χ1n) is 8.77. The molecule has 0 aliphatic heterocycles. The van der Waals surface area contributed by atoms with Crippen molar-refractivity contribution in [2.24, 2.45) is 0 Å². The third kappa shape index (κ3) is 6.01. The fourth-order valence-corrected chi connectivity index (χ4v) is 2.94. The minimum Gasteiger partial charge on any atom is -0.366 e. The molecular formula is C20H23BrN6. The summed E-state index contributed by atoms with van der Waals surface area (Å²) in [6.45, 7) is 2.34. The van der Waals surface area contributed by atoms with E-state index < -0.39 is 0 Å². The lowest BCUT2D eigenvalue weighted by molar-refractivity contribution is 0.425. The van der Waals surface area contributed by atoms with Gasteiger partial charge in [-0.05, 0) is 43.9 Å². The summed E-state index contributed by atoms with van der Waals surface area (Å²) in [6.07, 6.45) is 1.77. The van der Waals surface area contributed by atoms with Crippen molar-refractivity contribution in [1.29, 1.82) is 0 Å². The number of hydrogen-bond donors (Lipinski definition) is 2. The standard InChI is InChI=1S/C20H23BrN6/c1-27(2)11-10-23-20-25-18(17-8-3-4-9-22-17)13-19(26-20)24-14-15-6-5-7-16(21)12-15/h3-9,12-13H,10-11,14H2,1-2H3,(H2,23,24,25,26). The summed E-state index contributed by atoms with van der Waals surface area (Å²) in [6, 6.07) is 15.9. The Morgan fingerprint density at radius 3 is 2.59 bits per heavy atom. The third-order valence-corrected chi connectivity index (χ3v) is 4.35. The number of pyridine rings is 1. The number of nitrogens with one attached hydrogen (secondary N) is 2. The Morgan fingerprint density at radius 2 is 1.85 bits per heavy atom. The summed E-state index contributed by atoms with van der Waals surface area (Å²) in [7, 11) is 4.08. The molecular weight excluding hydrogens is 404 g/mol. The van der Waals surface area contributed by atoms with Crippen LogP contribution in [0.15, 0.2) is 59.2 Å². The van der Waals surface area contributed by atoms with Crippen LogP contribution in [0.3, 0.4) is 0 Å². The van der Waals surface area contributed by atoms with Gasteiger partial charge in [-0.15, -0.1) is 0 Å². The number of likely N-dealkylation sites (N-methyl/N-ethyl adjacent to an activating group) is 1. The van der Waals surface area contributed by atoms with Crippen molar-refractivity contribution in [2.45, 2.75) is 6.54 Å². The van der Waals surface area contributed by atoms with Gasteiger partial charge in [0.1, 0.15) is 5.82 Å². The maximum Gasteiger partial charge on any atom is 0.225 e. The maximum atomic E-state index is 4.62. The molecule has 0 aliphatic carbocycles. The van der Waals surface area contributed by atoms with Gasteiger partial charge in [-0.2, -0.15) is 4.98 Å². The Balaban J connectivity index is 1.80. The van der Waals surface area contributed by atoms with Gasteiger partial charge in [0, 0.05) is 36.4 Å². The fourth-order valence-electron chi connectivity index (χ4n) is 2.49. The molecule has 0 atom stereocenters. The van der Waals surface area contributed by atoms with Gasteiger partial charge in [-0.1, -0.05) is 34.1 Å². The van der Waals surface area contributed by atoms with Crippen molar-refractivity contribution < 1.29 is 0 Å². The predicted molar refractivity (Wildman–Crippen MR) is 114 cm³/mol.